The Kier molecular flexibility index (Phi) is 4.12. The Bertz CT molecular complexity index is 366. The van der Waals surface area contributed by atoms with Crippen LogP contribution in [-0.4, -0.2) is 31.8 Å². The maximum Gasteiger partial charge on any atom is 0.252 e. The van der Waals surface area contributed by atoms with Crippen LogP contribution in [0.1, 0.15) is 18.5 Å². The smallest absolute Gasteiger partial charge is 0.252 e. The van der Waals surface area contributed by atoms with Crippen molar-refractivity contribution in [3.05, 3.63) is 35.9 Å². The summed E-state index contributed by atoms with van der Waals surface area (Å²) < 4.78 is 10.7. The summed E-state index contributed by atoms with van der Waals surface area (Å²) >= 11 is 0. The van der Waals surface area contributed by atoms with Crippen molar-refractivity contribution >= 4 is 5.91 Å². The molecule has 0 unspecified atom stereocenters. The average molecular weight is 235 g/mol. The lowest BCUT2D eigenvalue weighted by molar-refractivity contribution is -0.150. The molecule has 1 aromatic rings. The van der Waals surface area contributed by atoms with Crippen molar-refractivity contribution in [1.82, 2.24) is 5.32 Å². The molecule has 1 heterocycles. The molecule has 17 heavy (non-hydrogen) atoms. The zero-order chi connectivity index (χ0) is 12.1. The molecule has 0 aromatic heterocycles. The second-order valence-electron chi connectivity index (χ2n) is 3.89. The highest BCUT2D eigenvalue weighted by atomic mass is 16.5. The van der Waals surface area contributed by atoms with Crippen molar-refractivity contribution in [3.8, 4) is 0 Å². The molecule has 0 bridgehead atoms. The molecule has 1 N–H and O–H groups in total. The number of benzene rings is 1. The minimum Gasteiger partial charge on any atom is -0.379 e. The topological polar surface area (TPSA) is 47.6 Å². The number of rotatable bonds is 6. The van der Waals surface area contributed by atoms with Gasteiger partial charge in [0.1, 0.15) is 0 Å². The normalized spacial score (nSPS) is 23.0. The van der Waals surface area contributed by atoms with Crippen molar-refractivity contribution in [2.24, 2.45) is 0 Å². The van der Waals surface area contributed by atoms with E-state index in [1.54, 1.807) is 0 Å². The highest BCUT2D eigenvalue weighted by Crippen LogP contribution is 2.26. The van der Waals surface area contributed by atoms with E-state index in [1.165, 1.54) is 0 Å². The van der Waals surface area contributed by atoms with Crippen LogP contribution in [0, 0.1) is 0 Å². The van der Waals surface area contributed by atoms with Gasteiger partial charge in [0.25, 0.3) is 5.91 Å². The van der Waals surface area contributed by atoms with Gasteiger partial charge in [-0.3, -0.25) is 4.79 Å². The molecule has 2 atom stereocenters. The first-order valence-corrected chi connectivity index (χ1v) is 5.87. The molecule has 1 aliphatic rings. The summed E-state index contributed by atoms with van der Waals surface area (Å²) in [6, 6.07) is 9.82. The Hall–Kier alpha value is -1.39. The number of hydrogen-bond acceptors (Lipinski definition) is 3. The molecule has 2 rings (SSSR count). The zero-order valence-electron chi connectivity index (χ0n) is 9.89. The number of ether oxygens (including phenoxy) is 2. The van der Waals surface area contributed by atoms with Crippen LogP contribution in [0.2, 0.25) is 0 Å². The summed E-state index contributed by atoms with van der Waals surface area (Å²) in [4.78, 5) is 11.4. The van der Waals surface area contributed by atoms with Crippen molar-refractivity contribution in [1.29, 1.82) is 0 Å². The number of hydrogen-bond donors (Lipinski definition) is 1. The van der Waals surface area contributed by atoms with Crippen LogP contribution in [-0.2, 0) is 14.3 Å². The van der Waals surface area contributed by atoms with E-state index in [2.05, 4.69) is 5.32 Å². The van der Waals surface area contributed by atoms with E-state index in [9.17, 15) is 4.79 Å². The van der Waals surface area contributed by atoms with Gasteiger partial charge in [0.05, 0.1) is 19.3 Å². The highest BCUT2D eigenvalue weighted by Gasteiger charge is 2.40. The molecular formula is C13H17NO3. The molecule has 0 saturated carbocycles. The van der Waals surface area contributed by atoms with E-state index in [-0.39, 0.29) is 18.1 Å². The molecular weight excluding hydrogens is 218 g/mol. The summed E-state index contributed by atoms with van der Waals surface area (Å²) in [6.07, 6.45) is -0.377. The van der Waals surface area contributed by atoms with Crippen molar-refractivity contribution in [2.45, 2.75) is 19.1 Å². The molecule has 1 fully saturated rings. The predicted octanol–water partition coefficient (Wildman–Crippen LogP) is 1.28. The monoisotopic (exact) mass is 235 g/mol. The van der Waals surface area contributed by atoms with E-state index in [4.69, 9.17) is 9.47 Å². The van der Waals surface area contributed by atoms with Gasteiger partial charge in [0.15, 0.2) is 6.10 Å². The summed E-state index contributed by atoms with van der Waals surface area (Å²) in [7, 11) is 0. The van der Waals surface area contributed by atoms with Crippen molar-refractivity contribution in [3.63, 3.8) is 0 Å². The third kappa shape index (κ3) is 2.84. The number of carbonyl (C=O) groups excluding carboxylic acids is 1. The first-order chi connectivity index (χ1) is 8.33. The van der Waals surface area contributed by atoms with Gasteiger partial charge < -0.3 is 14.8 Å². The lowest BCUT2D eigenvalue weighted by atomic mass is 9.94. The second kappa shape index (κ2) is 5.80. The zero-order valence-corrected chi connectivity index (χ0v) is 9.89. The Morgan fingerprint density at radius 3 is 2.65 bits per heavy atom. The molecule has 0 aliphatic carbocycles. The van der Waals surface area contributed by atoms with Gasteiger partial charge in [-0.2, -0.15) is 0 Å². The second-order valence-corrected chi connectivity index (χ2v) is 3.89. The Labute approximate surface area is 101 Å². The first-order valence-electron chi connectivity index (χ1n) is 5.87. The van der Waals surface area contributed by atoms with E-state index in [0.29, 0.717) is 19.8 Å². The summed E-state index contributed by atoms with van der Waals surface area (Å²) in [6.45, 7) is 3.59. The van der Waals surface area contributed by atoms with Crippen LogP contribution >= 0.6 is 0 Å². The van der Waals surface area contributed by atoms with Gasteiger partial charge in [0.2, 0.25) is 0 Å². The molecule has 0 radical (unpaired) electrons. The quantitative estimate of drug-likeness (QED) is 0.597. The van der Waals surface area contributed by atoms with Crippen molar-refractivity contribution < 1.29 is 14.3 Å². The predicted molar refractivity (Wildman–Crippen MR) is 63.6 cm³/mol. The van der Waals surface area contributed by atoms with Gasteiger partial charge >= 0.3 is 0 Å². The molecule has 1 amide bonds. The lowest BCUT2D eigenvalue weighted by Gasteiger charge is -2.36. The third-order valence-electron chi connectivity index (χ3n) is 2.75. The van der Waals surface area contributed by atoms with Crippen LogP contribution < -0.4 is 5.32 Å². The maximum atomic E-state index is 11.4. The molecule has 4 heteroatoms. The largest absolute Gasteiger partial charge is 0.379 e. The van der Waals surface area contributed by atoms with E-state index in [0.717, 1.165) is 5.56 Å². The summed E-state index contributed by atoms with van der Waals surface area (Å²) in [5.74, 6) is -0.0460. The van der Waals surface area contributed by atoms with Gasteiger partial charge in [-0.15, -0.1) is 0 Å². The van der Waals surface area contributed by atoms with Crippen LogP contribution in [0.25, 0.3) is 0 Å². The molecule has 0 spiro atoms. The summed E-state index contributed by atoms with van der Waals surface area (Å²) in [5.41, 5.74) is 1.08. The van der Waals surface area contributed by atoms with Crippen LogP contribution in [0.3, 0.4) is 0 Å². The van der Waals surface area contributed by atoms with E-state index >= 15 is 0 Å². The molecule has 1 aromatic carbocycles. The van der Waals surface area contributed by atoms with Crippen LogP contribution in [0.5, 0.6) is 0 Å². The average Bonchev–Trinajstić information content (AvgIpc) is 2.36. The Morgan fingerprint density at radius 1 is 1.24 bits per heavy atom. The third-order valence-corrected chi connectivity index (χ3v) is 2.75. The lowest BCUT2D eigenvalue weighted by Crippen LogP contribution is -2.57. The fourth-order valence-corrected chi connectivity index (χ4v) is 1.83. The SMILES string of the molecule is CCOCCO[C@H]1C(=O)N[C@H]1c1ccccc1. The Morgan fingerprint density at radius 2 is 2.00 bits per heavy atom. The summed E-state index contributed by atoms with van der Waals surface area (Å²) in [5, 5.41) is 2.85. The van der Waals surface area contributed by atoms with Gasteiger partial charge in [-0.1, -0.05) is 30.3 Å². The van der Waals surface area contributed by atoms with E-state index < -0.39 is 0 Å². The van der Waals surface area contributed by atoms with Gasteiger partial charge in [0, 0.05) is 6.61 Å². The van der Waals surface area contributed by atoms with Gasteiger partial charge in [-0.05, 0) is 12.5 Å². The minimum absolute atomic E-state index is 0.0228. The number of β-lactam (4-membered cyclic amide) rings is 1. The molecule has 1 aliphatic heterocycles. The van der Waals surface area contributed by atoms with Crippen LogP contribution in [0.4, 0.5) is 0 Å². The van der Waals surface area contributed by atoms with Crippen LogP contribution in [0.15, 0.2) is 30.3 Å². The van der Waals surface area contributed by atoms with E-state index in [1.807, 2.05) is 37.3 Å². The molecule has 92 valence electrons. The maximum absolute atomic E-state index is 11.4. The van der Waals surface area contributed by atoms with Gasteiger partial charge in [-0.25, -0.2) is 0 Å². The number of amides is 1. The minimum atomic E-state index is -0.377. The fraction of sp³-hybridized carbons (Fsp3) is 0.462. The Balaban J connectivity index is 1.86. The highest BCUT2D eigenvalue weighted by molar-refractivity contribution is 5.88. The standard InChI is InChI=1S/C13H17NO3/c1-2-16-8-9-17-12-11(14-13(12)15)10-6-4-3-5-7-10/h3-7,11-12H,2,8-9H2,1H3,(H,14,15)/t11-,12+/m0/s1. The molecule has 1 saturated heterocycles. The van der Waals surface area contributed by atoms with Crippen molar-refractivity contribution in [2.75, 3.05) is 19.8 Å². The fourth-order valence-electron chi connectivity index (χ4n) is 1.83. The molecule has 4 nitrogen and oxygen atoms in total. The number of nitrogens with one attached hydrogen (secondary N) is 1. The number of carbonyl (C=O) groups is 1. The first kappa shape index (κ1) is 12.1.